The predicted molar refractivity (Wildman–Crippen MR) is 60.6 cm³/mol. The fourth-order valence-electron chi connectivity index (χ4n) is 1.94. The van der Waals surface area contributed by atoms with E-state index >= 15 is 0 Å². The minimum atomic E-state index is 0.204. The zero-order valence-corrected chi connectivity index (χ0v) is 9.23. The summed E-state index contributed by atoms with van der Waals surface area (Å²) >= 11 is 0. The van der Waals surface area contributed by atoms with Crippen molar-refractivity contribution in [1.82, 2.24) is 5.32 Å². The summed E-state index contributed by atoms with van der Waals surface area (Å²) in [5, 5.41) is 2.97. The summed E-state index contributed by atoms with van der Waals surface area (Å²) in [6, 6.07) is 10.5. The fraction of sp³-hybridized carbons (Fsp3) is 0.462. The van der Waals surface area contributed by atoms with Crippen LogP contribution in [0.4, 0.5) is 0 Å². The van der Waals surface area contributed by atoms with E-state index in [2.05, 4.69) is 17.4 Å². The molecule has 1 aromatic rings. The second kappa shape index (κ2) is 4.05. The van der Waals surface area contributed by atoms with Crippen LogP contribution in [-0.2, 0) is 4.79 Å². The smallest absolute Gasteiger partial charge is 0.223 e. The van der Waals surface area contributed by atoms with Gasteiger partial charge in [-0.1, -0.05) is 30.3 Å². The standard InChI is InChI=1S/C13H17NO/c1-9(2)14-13(15)12-8-11(12)10-6-4-3-5-7-10/h3-7,9,11-12H,8H2,1-2H3,(H,14,15)/t11-,12+/m1/s1. The van der Waals surface area contributed by atoms with Crippen LogP contribution in [-0.4, -0.2) is 11.9 Å². The minimum absolute atomic E-state index is 0.204. The number of nitrogens with one attached hydrogen (secondary N) is 1. The van der Waals surface area contributed by atoms with E-state index in [1.54, 1.807) is 0 Å². The molecule has 80 valence electrons. The number of amides is 1. The predicted octanol–water partition coefficient (Wildman–Crippen LogP) is 2.31. The lowest BCUT2D eigenvalue weighted by Gasteiger charge is -2.07. The Balaban J connectivity index is 1.94. The zero-order valence-electron chi connectivity index (χ0n) is 9.23. The second-order valence-electron chi connectivity index (χ2n) is 4.52. The first-order valence-electron chi connectivity index (χ1n) is 5.54. The van der Waals surface area contributed by atoms with Gasteiger partial charge in [-0.3, -0.25) is 4.79 Å². The highest BCUT2D eigenvalue weighted by atomic mass is 16.2. The normalized spacial score (nSPS) is 23.9. The number of hydrogen-bond donors (Lipinski definition) is 1. The highest BCUT2D eigenvalue weighted by Crippen LogP contribution is 2.47. The Bertz CT molecular complexity index is 345. The highest BCUT2D eigenvalue weighted by molar-refractivity contribution is 5.83. The fourth-order valence-corrected chi connectivity index (χ4v) is 1.94. The molecule has 1 N–H and O–H groups in total. The van der Waals surface area contributed by atoms with Crippen molar-refractivity contribution >= 4 is 5.91 Å². The van der Waals surface area contributed by atoms with E-state index in [1.807, 2.05) is 32.0 Å². The SMILES string of the molecule is CC(C)NC(=O)[C@H]1C[C@@H]1c1ccccc1. The molecule has 1 aromatic carbocycles. The van der Waals surface area contributed by atoms with E-state index in [1.165, 1.54) is 5.56 Å². The van der Waals surface area contributed by atoms with Crippen LogP contribution < -0.4 is 5.32 Å². The molecule has 0 radical (unpaired) electrons. The topological polar surface area (TPSA) is 29.1 Å². The van der Waals surface area contributed by atoms with Crippen LogP contribution in [0.25, 0.3) is 0 Å². The Kier molecular flexibility index (Phi) is 2.76. The molecule has 0 saturated heterocycles. The maximum absolute atomic E-state index is 11.7. The molecule has 2 rings (SSSR count). The van der Waals surface area contributed by atoms with Gasteiger partial charge in [-0.2, -0.15) is 0 Å². The maximum atomic E-state index is 11.7. The van der Waals surface area contributed by atoms with Crippen molar-refractivity contribution in [2.45, 2.75) is 32.2 Å². The number of hydrogen-bond acceptors (Lipinski definition) is 1. The van der Waals surface area contributed by atoms with Gasteiger partial charge in [0.25, 0.3) is 0 Å². The van der Waals surface area contributed by atoms with E-state index in [-0.39, 0.29) is 17.9 Å². The van der Waals surface area contributed by atoms with Crippen LogP contribution in [0.3, 0.4) is 0 Å². The molecule has 1 saturated carbocycles. The van der Waals surface area contributed by atoms with Crippen LogP contribution in [0, 0.1) is 5.92 Å². The molecule has 0 spiro atoms. The van der Waals surface area contributed by atoms with Gasteiger partial charge in [-0.05, 0) is 31.7 Å². The van der Waals surface area contributed by atoms with Crippen molar-refractivity contribution in [3.63, 3.8) is 0 Å². The molecule has 1 aliphatic rings. The summed E-state index contributed by atoms with van der Waals surface area (Å²) in [6.07, 6.45) is 1.00. The lowest BCUT2D eigenvalue weighted by atomic mass is 10.1. The van der Waals surface area contributed by atoms with Crippen molar-refractivity contribution in [2.75, 3.05) is 0 Å². The molecule has 0 aromatic heterocycles. The van der Waals surface area contributed by atoms with Crippen LogP contribution in [0.5, 0.6) is 0 Å². The molecule has 0 heterocycles. The van der Waals surface area contributed by atoms with Crippen LogP contribution in [0.1, 0.15) is 31.7 Å². The summed E-state index contributed by atoms with van der Waals surface area (Å²) in [4.78, 5) is 11.7. The van der Waals surface area contributed by atoms with Crippen molar-refractivity contribution in [3.05, 3.63) is 35.9 Å². The molecule has 1 fully saturated rings. The molecule has 0 bridgehead atoms. The first-order valence-corrected chi connectivity index (χ1v) is 5.54. The van der Waals surface area contributed by atoms with Crippen LogP contribution >= 0.6 is 0 Å². The lowest BCUT2D eigenvalue weighted by molar-refractivity contribution is -0.122. The Morgan fingerprint density at radius 1 is 1.33 bits per heavy atom. The van der Waals surface area contributed by atoms with Gasteiger partial charge in [0, 0.05) is 12.0 Å². The van der Waals surface area contributed by atoms with E-state index in [0.717, 1.165) is 6.42 Å². The summed E-state index contributed by atoms with van der Waals surface area (Å²) in [6.45, 7) is 4.00. The zero-order chi connectivity index (χ0) is 10.8. The summed E-state index contributed by atoms with van der Waals surface area (Å²) in [5.74, 6) is 0.860. The molecule has 1 aliphatic carbocycles. The molecular weight excluding hydrogens is 186 g/mol. The van der Waals surface area contributed by atoms with E-state index < -0.39 is 0 Å². The summed E-state index contributed by atoms with van der Waals surface area (Å²) in [5.41, 5.74) is 1.29. The molecule has 2 atom stereocenters. The third kappa shape index (κ3) is 2.38. The summed E-state index contributed by atoms with van der Waals surface area (Å²) < 4.78 is 0. The summed E-state index contributed by atoms with van der Waals surface area (Å²) in [7, 11) is 0. The monoisotopic (exact) mass is 203 g/mol. The van der Waals surface area contributed by atoms with Gasteiger partial charge < -0.3 is 5.32 Å². The molecule has 0 unspecified atom stereocenters. The number of benzene rings is 1. The van der Waals surface area contributed by atoms with E-state index in [4.69, 9.17) is 0 Å². The minimum Gasteiger partial charge on any atom is -0.354 e. The van der Waals surface area contributed by atoms with Crippen molar-refractivity contribution in [2.24, 2.45) is 5.92 Å². The molecule has 1 amide bonds. The van der Waals surface area contributed by atoms with E-state index in [9.17, 15) is 4.79 Å². The van der Waals surface area contributed by atoms with Crippen LogP contribution in [0.2, 0.25) is 0 Å². The van der Waals surface area contributed by atoms with Crippen molar-refractivity contribution < 1.29 is 4.79 Å². The molecular formula is C13H17NO. The maximum Gasteiger partial charge on any atom is 0.223 e. The molecule has 15 heavy (non-hydrogen) atoms. The number of rotatable bonds is 3. The average Bonchev–Trinajstić information content (AvgIpc) is 2.97. The largest absolute Gasteiger partial charge is 0.354 e. The molecule has 2 nitrogen and oxygen atoms in total. The third-order valence-corrected chi connectivity index (χ3v) is 2.79. The van der Waals surface area contributed by atoms with Gasteiger partial charge in [0.1, 0.15) is 0 Å². The van der Waals surface area contributed by atoms with Gasteiger partial charge in [0.2, 0.25) is 5.91 Å². The average molecular weight is 203 g/mol. The Morgan fingerprint density at radius 3 is 2.60 bits per heavy atom. The van der Waals surface area contributed by atoms with Gasteiger partial charge >= 0.3 is 0 Å². The Hall–Kier alpha value is -1.31. The molecule has 0 aliphatic heterocycles. The van der Waals surface area contributed by atoms with Crippen molar-refractivity contribution in [3.8, 4) is 0 Å². The quantitative estimate of drug-likeness (QED) is 0.802. The lowest BCUT2D eigenvalue weighted by Crippen LogP contribution is -2.31. The highest BCUT2D eigenvalue weighted by Gasteiger charge is 2.43. The Labute approximate surface area is 90.7 Å². The van der Waals surface area contributed by atoms with Gasteiger partial charge in [0.15, 0.2) is 0 Å². The Morgan fingerprint density at radius 2 is 2.00 bits per heavy atom. The first-order chi connectivity index (χ1) is 7.18. The van der Waals surface area contributed by atoms with Crippen LogP contribution in [0.15, 0.2) is 30.3 Å². The van der Waals surface area contributed by atoms with Gasteiger partial charge in [-0.15, -0.1) is 0 Å². The number of carbonyl (C=O) groups is 1. The third-order valence-electron chi connectivity index (χ3n) is 2.79. The first kappa shape index (κ1) is 10.2. The van der Waals surface area contributed by atoms with E-state index in [0.29, 0.717) is 5.92 Å². The molecule has 2 heteroatoms. The van der Waals surface area contributed by atoms with Gasteiger partial charge in [0.05, 0.1) is 0 Å². The van der Waals surface area contributed by atoms with Crippen molar-refractivity contribution in [1.29, 1.82) is 0 Å². The number of carbonyl (C=O) groups excluding carboxylic acids is 1. The second-order valence-corrected chi connectivity index (χ2v) is 4.52. The van der Waals surface area contributed by atoms with Gasteiger partial charge in [-0.25, -0.2) is 0 Å².